The molecule has 0 unspecified atom stereocenters. The molecule has 2 aromatic rings. The van der Waals surface area contributed by atoms with Crippen molar-refractivity contribution in [2.45, 2.75) is 0 Å². The van der Waals surface area contributed by atoms with Crippen LogP contribution in [0.15, 0.2) is 52.0 Å². The molecule has 22 heavy (non-hydrogen) atoms. The van der Waals surface area contributed by atoms with Crippen LogP contribution in [0.5, 0.6) is 0 Å². The molecular formula is C15H11BrFN3O2. The molecule has 0 aliphatic rings. The summed E-state index contributed by atoms with van der Waals surface area (Å²) >= 11 is 3.15. The molecule has 0 bridgehead atoms. The SMILES string of the molecule is NC(=O)c1ccc(C(=O)N/N=C/c2ccc(Br)cc2F)cc1. The van der Waals surface area contributed by atoms with Crippen molar-refractivity contribution in [3.63, 3.8) is 0 Å². The minimum Gasteiger partial charge on any atom is -0.366 e. The number of nitrogens with zero attached hydrogens (tertiary/aromatic N) is 1. The van der Waals surface area contributed by atoms with E-state index in [0.29, 0.717) is 15.6 Å². The highest BCUT2D eigenvalue weighted by molar-refractivity contribution is 9.10. The molecule has 0 heterocycles. The lowest BCUT2D eigenvalue weighted by atomic mass is 10.1. The molecule has 0 aliphatic heterocycles. The van der Waals surface area contributed by atoms with Crippen molar-refractivity contribution < 1.29 is 14.0 Å². The Bertz CT molecular complexity index is 745. The first-order valence-electron chi connectivity index (χ1n) is 6.15. The summed E-state index contributed by atoms with van der Waals surface area (Å²) in [5.74, 6) is -1.52. The molecule has 112 valence electrons. The summed E-state index contributed by atoms with van der Waals surface area (Å²) in [4.78, 5) is 22.7. The van der Waals surface area contributed by atoms with Crippen LogP contribution in [0.4, 0.5) is 4.39 Å². The van der Waals surface area contributed by atoms with Crippen molar-refractivity contribution in [3.8, 4) is 0 Å². The summed E-state index contributed by atoms with van der Waals surface area (Å²) in [5.41, 5.74) is 8.23. The van der Waals surface area contributed by atoms with Gasteiger partial charge in [-0.3, -0.25) is 9.59 Å². The summed E-state index contributed by atoms with van der Waals surface area (Å²) in [6, 6.07) is 10.3. The molecule has 2 rings (SSSR count). The van der Waals surface area contributed by atoms with Gasteiger partial charge in [0.05, 0.1) is 6.21 Å². The zero-order valence-electron chi connectivity index (χ0n) is 11.2. The lowest BCUT2D eigenvalue weighted by Crippen LogP contribution is -2.18. The molecule has 0 spiro atoms. The standard InChI is InChI=1S/C15H11BrFN3O2/c16-12-6-5-11(13(17)7-12)8-19-20-15(22)10-3-1-9(2-4-10)14(18)21/h1-8H,(H2,18,21)(H,20,22)/b19-8+. The van der Waals surface area contributed by atoms with E-state index in [-0.39, 0.29) is 5.56 Å². The van der Waals surface area contributed by atoms with E-state index in [1.165, 1.54) is 42.6 Å². The van der Waals surface area contributed by atoms with Crippen molar-refractivity contribution in [2.24, 2.45) is 10.8 Å². The molecule has 7 heteroatoms. The molecule has 0 atom stereocenters. The Morgan fingerprint density at radius 3 is 2.36 bits per heavy atom. The van der Waals surface area contributed by atoms with E-state index in [1.54, 1.807) is 6.07 Å². The number of carbonyl (C=O) groups is 2. The van der Waals surface area contributed by atoms with Crippen LogP contribution in [0, 0.1) is 5.82 Å². The highest BCUT2D eigenvalue weighted by atomic mass is 79.9. The molecule has 0 fully saturated rings. The molecule has 0 radical (unpaired) electrons. The summed E-state index contributed by atoms with van der Waals surface area (Å²) in [6.45, 7) is 0. The second-order valence-corrected chi connectivity index (χ2v) is 5.22. The second kappa shape index (κ2) is 6.95. The number of nitrogens with one attached hydrogen (secondary N) is 1. The average Bonchev–Trinajstić information content (AvgIpc) is 2.49. The molecular weight excluding hydrogens is 353 g/mol. The van der Waals surface area contributed by atoms with Crippen molar-refractivity contribution >= 4 is 34.0 Å². The van der Waals surface area contributed by atoms with Crippen molar-refractivity contribution in [1.29, 1.82) is 0 Å². The lowest BCUT2D eigenvalue weighted by Gasteiger charge is -2.01. The number of nitrogens with two attached hydrogens (primary N) is 1. The van der Waals surface area contributed by atoms with Crippen molar-refractivity contribution in [1.82, 2.24) is 5.43 Å². The number of amides is 2. The molecule has 0 aliphatic carbocycles. The number of hydrazone groups is 1. The molecule has 2 amide bonds. The Kier molecular flexibility index (Phi) is 5.00. The molecule has 0 aromatic heterocycles. The summed E-state index contributed by atoms with van der Waals surface area (Å²) in [5, 5.41) is 3.69. The van der Waals surface area contributed by atoms with Crippen LogP contribution in [0.1, 0.15) is 26.3 Å². The van der Waals surface area contributed by atoms with Crippen LogP contribution in [-0.4, -0.2) is 18.0 Å². The Balaban J connectivity index is 2.02. The topological polar surface area (TPSA) is 84.5 Å². The molecule has 0 saturated heterocycles. The largest absolute Gasteiger partial charge is 0.366 e. The van der Waals surface area contributed by atoms with Gasteiger partial charge in [-0.2, -0.15) is 5.10 Å². The summed E-state index contributed by atoms with van der Waals surface area (Å²) in [6.07, 6.45) is 1.21. The minimum atomic E-state index is -0.573. The Hall–Kier alpha value is -2.54. The smallest absolute Gasteiger partial charge is 0.271 e. The van der Waals surface area contributed by atoms with Crippen LogP contribution in [0.3, 0.4) is 0 Å². The minimum absolute atomic E-state index is 0.243. The highest BCUT2D eigenvalue weighted by Gasteiger charge is 2.06. The van der Waals surface area contributed by atoms with Crippen LogP contribution in [-0.2, 0) is 0 Å². The monoisotopic (exact) mass is 363 g/mol. The van der Waals surface area contributed by atoms with Crippen LogP contribution in [0.2, 0.25) is 0 Å². The maximum absolute atomic E-state index is 13.5. The second-order valence-electron chi connectivity index (χ2n) is 4.31. The van der Waals surface area contributed by atoms with Gasteiger partial charge in [-0.1, -0.05) is 15.9 Å². The Labute approximate surface area is 134 Å². The summed E-state index contributed by atoms with van der Waals surface area (Å²) in [7, 11) is 0. The number of halogens is 2. The van der Waals surface area contributed by atoms with Gasteiger partial charge in [0.2, 0.25) is 5.91 Å². The molecule has 0 saturated carbocycles. The number of hydrogen-bond acceptors (Lipinski definition) is 3. The highest BCUT2D eigenvalue weighted by Crippen LogP contribution is 2.13. The first-order valence-corrected chi connectivity index (χ1v) is 6.95. The van der Waals surface area contributed by atoms with Crippen molar-refractivity contribution in [3.05, 3.63) is 69.4 Å². The Morgan fingerprint density at radius 2 is 1.77 bits per heavy atom. The lowest BCUT2D eigenvalue weighted by molar-refractivity contribution is 0.0952. The summed E-state index contributed by atoms with van der Waals surface area (Å²) < 4.78 is 14.2. The van der Waals surface area contributed by atoms with Gasteiger partial charge in [0, 0.05) is 21.2 Å². The van der Waals surface area contributed by atoms with Gasteiger partial charge in [-0.15, -0.1) is 0 Å². The maximum atomic E-state index is 13.5. The van der Waals surface area contributed by atoms with E-state index in [4.69, 9.17) is 5.73 Å². The fourth-order valence-electron chi connectivity index (χ4n) is 1.62. The van der Waals surface area contributed by atoms with Gasteiger partial charge in [0.1, 0.15) is 5.82 Å². The number of primary amides is 1. The van der Waals surface area contributed by atoms with E-state index >= 15 is 0 Å². The normalized spacial score (nSPS) is 10.6. The van der Waals surface area contributed by atoms with Gasteiger partial charge in [0.15, 0.2) is 0 Å². The quantitative estimate of drug-likeness (QED) is 0.645. The van der Waals surface area contributed by atoms with Gasteiger partial charge in [0.25, 0.3) is 5.91 Å². The van der Waals surface area contributed by atoms with Gasteiger partial charge < -0.3 is 5.73 Å². The average molecular weight is 364 g/mol. The van der Waals surface area contributed by atoms with E-state index in [2.05, 4.69) is 26.5 Å². The predicted octanol–water partition coefficient (Wildman–Crippen LogP) is 2.45. The van der Waals surface area contributed by atoms with Crippen LogP contribution in [0.25, 0.3) is 0 Å². The zero-order chi connectivity index (χ0) is 16.1. The van der Waals surface area contributed by atoms with Crippen LogP contribution < -0.4 is 11.2 Å². The fourth-order valence-corrected chi connectivity index (χ4v) is 1.95. The Morgan fingerprint density at radius 1 is 1.14 bits per heavy atom. The number of benzene rings is 2. The van der Waals surface area contributed by atoms with E-state index < -0.39 is 17.6 Å². The molecule has 3 N–H and O–H groups in total. The van der Waals surface area contributed by atoms with Crippen molar-refractivity contribution in [2.75, 3.05) is 0 Å². The van der Waals surface area contributed by atoms with Gasteiger partial charge in [-0.25, -0.2) is 9.82 Å². The zero-order valence-corrected chi connectivity index (χ0v) is 12.8. The first kappa shape index (κ1) is 15.8. The van der Waals surface area contributed by atoms with E-state index in [0.717, 1.165) is 0 Å². The maximum Gasteiger partial charge on any atom is 0.271 e. The first-order chi connectivity index (χ1) is 10.5. The molecule has 5 nitrogen and oxygen atoms in total. The van der Waals surface area contributed by atoms with E-state index in [1.807, 2.05) is 0 Å². The van der Waals surface area contributed by atoms with Crippen LogP contribution >= 0.6 is 15.9 Å². The van der Waals surface area contributed by atoms with E-state index in [9.17, 15) is 14.0 Å². The van der Waals surface area contributed by atoms with Gasteiger partial charge >= 0.3 is 0 Å². The van der Waals surface area contributed by atoms with Gasteiger partial charge in [-0.05, 0) is 42.5 Å². The third kappa shape index (κ3) is 3.98. The molecule has 2 aromatic carbocycles. The third-order valence-electron chi connectivity index (χ3n) is 2.76. The fraction of sp³-hybridized carbons (Fsp3) is 0. The third-order valence-corrected chi connectivity index (χ3v) is 3.26. The predicted molar refractivity (Wildman–Crippen MR) is 84.1 cm³/mol. The number of hydrogen-bond donors (Lipinski definition) is 2. The number of carbonyl (C=O) groups excluding carboxylic acids is 2. The number of rotatable bonds is 4.